The number of para-hydroxylation sites is 1. The van der Waals surface area contributed by atoms with E-state index < -0.39 is 0 Å². The van der Waals surface area contributed by atoms with Crippen LogP contribution in [0.4, 0.5) is 10.1 Å². The highest BCUT2D eigenvalue weighted by Gasteiger charge is 2.20. The first-order chi connectivity index (χ1) is 11.4. The van der Waals surface area contributed by atoms with Crippen LogP contribution in [-0.4, -0.2) is 18.4 Å². The molecule has 0 spiro atoms. The molecule has 0 fully saturated rings. The number of benzene rings is 2. The van der Waals surface area contributed by atoms with Crippen LogP contribution in [0.25, 0.3) is 0 Å². The molecule has 126 valence electrons. The van der Waals surface area contributed by atoms with Crippen LogP contribution in [0.3, 0.4) is 0 Å². The number of hydrogen-bond acceptors (Lipinski definition) is 2. The number of halogens is 3. The van der Waals surface area contributed by atoms with Gasteiger partial charge in [0.05, 0.1) is 15.7 Å². The number of hydrogen-bond donors (Lipinski definition) is 1. The van der Waals surface area contributed by atoms with Gasteiger partial charge in [0.2, 0.25) is 11.8 Å². The summed E-state index contributed by atoms with van der Waals surface area (Å²) in [4.78, 5) is 25.2. The highest BCUT2D eigenvalue weighted by atomic mass is 35.5. The fraction of sp³-hybridized carbons (Fsp3) is 0.176. The van der Waals surface area contributed by atoms with Crippen molar-refractivity contribution in [1.82, 2.24) is 5.32 Å². The molecule has 0 saturated heterocycles. The average molecular weight is 369 g/mol. The SMILES string of the molecule is CC(=O)N(CC(=O)NCc1ccc(F)cc1)c1c(Cl)cccc1Cl. The van der Waals surface area contributed by atoms with Crippen LogP contribution in [0.1, 0.15) is 12.5 Å². The zero-order chi connectivity index (χ0) is 17.7. The molecule has 2 rings (SSSR count). The van der Waals surface area contributed by atoms with Crippen molar-refractivity contribution in [3.8, 4) is 0 Å². The van der Waals surface area contributed by atoms with Crippen LogP contribution in [0.2, 0.25) is 10.0 Å². The minimum absolute atomic E-state index is 0.222. The van der Waals surface area contributed by atoms with E-state index in [0.717, 1.165) is 5.56 Å². The predicted octanol–water partition coefficient (Wildman–Crippen LogP) is 3.80. The third-order valence-corrected chi connectivity index (χ3v) is 3.90. The summed E-state index contributed by atoms with van der Waals surface area (Å²) in [5, 5.41) is 3.23. The Kier molecular flexibility index (Phi) is 6.17. The molecule has 7 heteroatoms. The average Bonchev–Trinajstić information content (AvgIpc) is 2.53. The molecule has 1 N–H and O–H groups in total. The number of rotatable bonds is 5. The smallest absolute Gasteiger partial charge is 0.240 e. The van der Waals surface area contributed by atoms with E-state index in [9.17, 15) is 14.0 Å². The second-order valence-electron chi connectivity index (χ2n) is 5.08. The number of carbonyl (C=O) groups is 2. The molecule has 0 aliphatic heterocycles. The lowest BCUT2D eigenvalue weighted by atomic mass is 10.2. The van der Waals surface area contributed by atoms with Crippen molar-refractivity contribution in [2.75, 3.05) is 11.4 Å². The second kappa shape index (κ2) is 8.13. The third kappa shape index (κ3) is 4.69. The van der Waals surface area contributed by atoms with Gasteiger partial charge in [-0.1, -0.05) is 41.4 Å². The van der Waals surface area contributed by atoms with Crippen LogP contribution in [0.5, 0.6) is 0 Å². The predicted molar refractivity (Wildman–Crippen MR) is 92.7 cm³/mol. The van der Waals surface area contributed by atoms with Gasteiger partial charge in [0.15, 0.2) is 0 Å². The summed E-state index contributed by atoms with van der Waals surface area (Å²) in [7, 11) is 0. The minimum atomic E-state index is -0.384. The Morgan fingerprint density at radius 2 is 1.67 bits per heavy atom. The molecule has 0 unspecified atom stereocenters. The highest BCUT2D eigenvalue weighted by molar-refractivity contribution is 6.40. The lowest BCUT2D eigenvalue weighted by Gasteiger charge is -2.23. The summed E-state index contributed by atoms with van der Waals surface area (Å²) >= 11 is 12.2. The maximum atomic E-state index is 12.9. The monoisotopic (exact) mass is 368 g/mol. The molecule has 2 aromatic carbocycles. The summed E-state index contributed by atoms with van der Waals surface area (Å²) in [6.45, 7) is 1.33. The number of nitrogens with zero attached hydrogens (tertiary/aromatic N) is 1. The zero-order valence-electron chi connectivity index (χ0n) is 12.9. The van der Waals surface area contributed by atoms with Gasteiger partial charge in [0, 0.05) is 13.5 Å². The van der Waals surface area contributed by atoms with Crippen molar-refractivity contribution >= 4 is 40.7 Å². The van der Waals surface area contributed by atoms with Gasteiger partial charge < -0.3 is 10.2 Å². The minimum Gasteiger partial charge on any atom is -0.350 e. The number of nitrogens with one attached hydrogen (secondary N) is 1. The maximum Gasteiger partial charge on any atom is 0.240 e. The fourth-order valence-corrected chi connectivity index (χ4v) is 2.70. The molecule has 0 bridgehead atoms. The van der Waals surface area contributed by atoms with Crippen LogP contribution in [0, 0.1) is 5.82 Å². The van der Waals surface area contributed by atoms with Crippen molar-refractivity contribution in [2.24, 2.45) is 0 Å². The number of carbonyl (C=O) groups excluding carboxylic acids is 2. The van der Waals surface area contributed by atoms with Gasteiger partial charge in [-0.15, -0.1) is 0 Å². The summed E-state index contributed by atoms with van der Waals surface area (Å²) < 4.78 is 12.9. The molecule has 24 heavy (non-hydrogen) atoms. The van der Waals surface area contributed by atoms with Gasteiger partial charge in [-0.05, 0) is 29.8 Å². The Bertz CT molecular complexity index is 731. The van der Waals surface area contributed by atoms with Crippen LogP contribution in [0.15, 0.2) is 42.5 Å². The Balaban J connectivity index is 2.06. The summed E-state index contributed by atoms with van der Waals surface area (Å²) in [5.41, 5.74) is 1.04. The molecule has 0 aliphatic rings. The first-order valence-corrected chi connectivity index (χ1v) is 7.87. The van der Waals surface area contributed by atoms with Gasteiger partial charge in [-0.25, -0.2) is 4.39 Å². The fourth-order valence-electron chi connectivity index (χ4n) is 2.10. The maximum absolute atomic E-state index is 12.9. The standard InChI is InChI=1S/C17H15Cl2FN2O2/c1-11(23)22(17-14(18)3-2-4-15(17)19)10-16(24)21-9-12-5-7-13(20)8-6-12/h2-8H,9-10H2,1H3,(H,21,24). The first-order valence-electron chi connectivity index (χ1n) is 7.11. The van der Waals surface area contributed by atoms with Crippen LogP contribution >= 0.6 is 23.2 Å². The molecule has 0 radical (unpaired) electrons. The van der Waals surface area contributed by atoms with Crippen molar-refractivity contribution in [2.45, 2.75) is 13.5 Å². The van der Waals surface area contributed by atoms with Gasteiger partial charge >= 0.3 is 0 Å². The van der Waals surface area contributed by atoms with Gasteiger partial charge in [-0.2, -0.15) is 0 Å². The molecule has 0 heterocycles. The van der Waals surface area contributed by atoms with Gasteiger partial charge in [-0.3, -0.25) is 9.59 Å². The van der Waals surface area contributed by atoms with E-state index in [2.05, 4.69) is 5.32 Å². The van der Waals surface area contributed by atoms with Gasteiger partial charge in [0.25, 0.3) is 0 Å². The molecule has 2 aromatic rings. The first kappa shape index (κ1) is 18.2. The topological polar surface area (TPSA) is 49.4 Å². The van der Waals surface area contributed by atoms with Crippen molar-refractivity contribution in [1.29, 1.82) is 0 Å². The Hall–Kier alpha value is -2.11. The Morgan fingerprint density at radius 3 is 2.21 bits per heavy atom. The normalized spacial score (nSPS) is 10.3. The lowest BCUT2D eigenvalue weighted by molar-refractivity contribution is -0.123. The van der Waals surface area contributed by atoms with Crippen molar-refractivity contribution < 1.29 is 14.0 Å². The molecule has 0 aliphatic carbocycles. The van der Waals surface area contributed by atoms with Crippen molar-refractivity contribution in [3.05, 3.63) is 63.9 Å². The van der Waals surface area contributed by atoms with E-state index in [1.807, 2.05) is 0 Å². The molecule has 0 aromatic heterocycles. The summed E-state index contributed by atoms with van der Waals surface area (Å²) in [6, 6.07) is 10.6. The number of amides is 2. The van der Waals surface area contributed by atoms with E-state index in [1.54, 1.807) is 30.3 Å². The highest BCUT2D eigenvalue weighted by Crippen LogP contribution is 2.33. The van der Waals surface area contributed by atoms with Crippen molar-refractivity contribution in [3.63, 3.8) is 0 Å². The molecule has 0 saturated carbocycles. The van der Waals surface area contributed by atoms with E-state index >= 15 is 0 Å². The van der Waals surface area contributed by atoms with Crippen LogP contribution < -0.4 is 10.2 Å². The summed E-state index contributed by atoms with van der Waals surface area (Å²) in [6.07, 6.45) is 0. The van der Waals surface area contributed by atoms with Gasteiger partial charge in [0.1, 0.15) is 12.4 Å². The largest absolute Gasteiger partial charge is 0.350 e. The zero-order valence-corrected chi connectivity index (χ0v) is 14.4. The molecule has 4 nitrogen and oxygen atoms in total. The van der Waals surface area contributed by atoms with E-state index in [-0.39, 0.29) is 40.8 Å². The molecular formula is C17H15Cl2FN2O2. The Morgan fingerprint density at radius 1 is 1.08 bits per heavy atom. The third-order valence-electron chi connectivity index (χ3n) is 3.29. The van der Waals surface area contributed by atoms with E-state index in [1.165, 1.54) is 24.0 Å². The van der Waals surface area contributed by atoms with Crippen LogP contribution in [-0.2, 0) is 16.1 Å². The molecular weight excluding hydrogens is 354 g/mol. The quantitative estimate of drug-likeness (QED) is 0.872. The van der Waals surface area contributed by atoms with E-state index in [4.69, 9.17) is 23.2 Å². The van der Waals surface area contributed by atoms with E-state index in [0.29, 0.717) is 5.69 Å². The molecule has 2 amide bonds. The Labute approximate surface area is 149 Å². The molecule has 0 atom stereocenters. The number of anilines is 1. The summed E-state index contributed by atoms with van der Waals surface area (Å²) in [5.74, 6) is -1.09. The lowest BCUT2D eigenvalue weighted by Crippen LogP contribution is -2.39. The second-order valence-corrected chi connectivity index (χ2v) is 5.89.